The molecule has 8 nitrogen and oxygen atoms in total. The summed E-state index contributed by atoms with van der Waals surface area (Å²) in [5, 5.41) is 4.46. The third kappa shape index (κ3) is 6.61. The van der Waals surface area contributed by atoms with Crippen LogP contribution in [0.15, 0.2) is 41.0 Å². The average Bonchev–Trinajstić information content (AvgIpc) is 3.24. The van der Waals surface area contributed by atoms with Gasteiger partial charge in [0, 0.05) is 23.6 Å². The van der Waals surface area contributed by atoms with Crippen molar-refractivity contribution in [3.8, 4) is 5.75 Å². The summed E-state index contributed by atoms with van der Waals surface area (Å²) in [5.41, 5.74) is 0.423. The van der Waals surface area contributed by atoms with Crippen LogP contribution in [0.5, 0.6) is 5.75 Å². The number of fused-ring (bicyclic) bond motifs is 1. The van der Waals surface area contributed by atoms with Gasteiger partial charge < -0.3 is 15.4 Å². The molecule has 2 N–H and O–H groups in total. The van der Waals surface area contributed by atoms with E-state index in [1.807, 2.05) is 0 Å². The van der Waals surface area contributed by atoms with Crippen LogP contribution in [0.4, 0.5) is 39.1 Å². The van der Waals surface area contributed by atoms with Crippen LogP contribution >= 0.6 is 0 Å². The summed E-state index contributed by atoms with van der Waals surface area (Å²) in [6.45, 7) is -0.358. The number of rotatable bonds is 7. The van der Waals surface area contributed by atoms with Gasteiger partial charge in [0.15, 0.2) is 6.10 Å². The van der Waals surface area contributed by atoms with Crippen molar-refractivity contribution < 1.29 is 35.7 Å². The van der Waals surface area contributed by atoms with Gasteiger partial charge in [-0.05, 0) is 38.0 Å². The number of ether oxygens (including phenoxy) is 1. The van der Waals surface area contributed by atoms with E-state index < -0.39 is 46.1 Å². The normalized spacial score (nSPS) is 15.8. The smallest absolute Gasteiger partial charge is 0.405 e. The van der Waals surface area contributed by atoms with Crippen molar-refractivity contribution in [1.82, 2.24) is 15.3 Å². The summed E-state index contributed by atoms with van der Waals surface area (Å²) in [4.78, 5) is 20.1. The van der Waals surface area contributed by atoms with Crippen LogP contribution in [0, 0.1) is 11.6 Å². The predicted octanol–water partition coefficient (Wildman–Crippen LogP) is 4.99. The molecule has 1 fully saturated rings. The monoisotopic (exact) mass is 543 g/mol. The first kappa shape index (κ1) is 26.5. The lowest BCUT2D eigenvalue weighted by molar-refractivity contribution is -0.142. The van der Waals surface area contributed by atoms with Crippen molar-refractivity contribution in [2.45, 2.75) is 32.0 Å². The Morgan fingerprint density at radius 1 is 1.16 bits per heavy atom. The van der Waals surface area contributed by atoms with E-state index in [1.54, 1.807) is 5.32 Å². The number of carbonyl (C=O) groups is 1. The SMILES string of the molecule is C[C@@H](Oc1cc(F)ccc1Nc1ncnc2cc(N=S3(=O)CCCC3)cc(F)c12)C(=O)NCC(F)(F)F. The molecule has 4 rings (SSSR count). The van der Waals surface area contributed by atoms with Gasteiger partial charge in [-0.15, -0.1) is 0 Å². The van der Waals surface area contributed by atoms with Gasteiger partial charge in [0.05, 0.1) is 32.0 Å². The molecule has 198 valence electrons. The zero-order valence-corrected chi connectivity index (χ0v) is 20.3. The quantitative estimate of drug-likeness (QED) is 0.407. The molecule has 1 saturated heterocycles. The summed E-state index contributed by atoms with van der Waals surface area (Å²) in [7, 11) is -2.44. The Hall–Kier alpha value is -3.55. The molecule has 2 heterocycles. The van der Waals surface area contributed by atoms with E-state index in [4.69, 9.17) is 4.74 Å². The van der Waals surface area contributed by atoms with Gasteiger partial charge in [0.25, 0.3) is 5.91 Å². The topological polar surface area (TPSA) is 106 Å². The lowest BCUT2D eigenvalue weighted by atomic mass is 10.2. The maximum atomic E-state index is 15.2. The first-order valence-corrected chi connectivity index (χ1v) is 13.0. The minimum atomic E-state index is -4.61. The summed E-state index contributed by atoms with van der Waals surface area (Å²) in [6.07, 6.45) is -3.29. The molecule has 2 aromatic carbocycles. The highest BCUT2D eigenvalue weighted by atomic mass is 32.2. The number of hydrogen-bond acceptors (Lipinski definition) is 7. The van der Waals surface area contributed by atoms with Gasteiger partial charge in [-0.3, -0.25) is 4.79 Å². The van der Waals surface area contributed by atoms with Gasteiger partial charge >= 0.3 is 6.18 Å². The molecule has 37 heavy (non-hydrogen) atoms. The number of amides is 1. The molecule has 3 aromatic rings. The maximum absolute atomic E-state index is 15.2. The highest BCUT2D eigenvalue weighted by Gasteiger charge is 2.29. The van der Waals surface area contributed by atoms with Gasteiger partial charge in [0.1, 0.15) is 36.1 Å². The first-order valence-electron chi connectivity index (χ1n) is 11.2. The molecule has 0 saturated carbocycles. The molecule has 14 heteroatoms. The molecule has 1 atom stereocenters. The number of halogens is 5. The number of benzene rings is 2. The van der Waals surface area contributed by atoms with Crippen molar-refractivity contribution in [3.63, 3.8) is 0 Å². The molecule has 1 amide bonds. The van der Waals surface area contributed by atoms with E-state index in [9.17, 15) is 26.6 Å². The standard InChI is InChI=1S/C23H22F5N5O3S/c1-13(22(34)29-11-23(26,27)28)36-19-8-14(24)4-5-17(19)32-21-20-16(25)9-15(10-18(20)30-12-31-21)33-37(35)6-2-3-7-37/h4-5,8-10,12-13H,2-3,6-7,11H2,1H3,(H,29,34)(H,30,31,32)/t13-/m1/s1. The van der Waals surface area contributed by atoms with Crippen LogP contribution in [0.3, 0.4) is 0 Å². The summed E-state index contributed by atoms with van der Waals surface area (Å²) in [5.74, 6) is -1.90. The molecular weight excluding hydrogens is 521 g/mol. The third-order valence-corrected chi connectivity index (χ3v) is 7.85. The molecule has 0 aliphatic carbocycles. The highest BCUT2D eigenvalue weighted by Crippen LogP contribution is 2.34. The second-order valence-electron chi connectivity index (χ2n) is 8.38. The molecule has 1 aliphatic rings. The Kier molecular flexibility index (Phi) is 7.48. The number of anilines is 2. The number of nitrogens with zero attached hydrogens (tertiary/aromatic N) is 3. The second kappa shape index (κ2) is 10.4. The summed E-state index contributed by atoms with van der Waals surface area (Å²) < 4.78 is 88.7. The molecule has 1 aromatic heterocycles. The second-order valence-corrected chi connectivity index (χ2v) is 10.9. The minimum Gasteiger partial charge on any atom is -0.479 e. The van der Waals surface area contributed by atoms with Gasteiger partial charge in [-0.1, -0.05) is 0 Å². The van der Waals surface area contributed by atoms with Crippen LogP contribution in [-0.4, -0.2) is 50.4 Å². The molecule has 1 aliphatic heterocycles. The van der Waals surface area contributed by atoms with E-state index >= 15 is 4.39 Å². The van der Waals surface area contributed by atoms with Crippen LogP contribution in [0.25, 0.3) is 10.9 Å². The van der Waals surface area contributed by atoms with E-state index in [1.165, 1.54) is 19.1 Å². The predicted molar refractivity (Wildman–Crippen MR) is 128 cm³/mol. The third-order valence-electron chi connectivity index (χ3n) is 5.46. The number of hydrogen-bond donors (Lipinski definition) is 2. The number of alkyl halides is 3. The van der Waals surface area contributed by atoms with Crippen molar-refractivity contribution in [1.29, 1.82) is 0 Å². The lowest BCUT2D eigenvalue weighted by Gasteiger charge is -2.19. The molecule has 0 spiro atoms. The molecule has 0 unspecified atom stereocenters. The maximum Gasteiger partial charge on any atom is 0.405 e. The number of aromatic nitrogens is 2. The number of nitrogens with one attached hydrogen (secondary N) is 2. The van der Waals surface area contributed by atoms with E-state index in [0.29, 0.717) is 11.5 Å². The van der Waals surface area contributed by atoms with E-state index in [2.05, 4.69) is 19.6 Å². The van der Waals surface area contributed by atoms with E-state index in [0.717, 1.165) is 37.4 Å². The Balaban J connectivity index is 1.62. The van der Waals surface area contributed by atoms with Crippen molar-refractivity contribution in [3.05, 3.63) is 48.3 Å². The fraction of sp³-hybridized carbons (Fsp3) is 0.348. The largest absolute Gasteiger partial charge is 0.479 e. The van der Waals surface area contributed by atoms with Crippen LogP contribution in [0.1, 0.15) is 19.8 Å². The Morgan fingerprint density at radius 3 is 2.59 bits per heavy atom. The zero-order valence-electron chi connectivity index (χ0n) is 19.4. The van der Waals surface area contributed by atoms with Crippen LogP contribution < -0.4 is 15.4 Å². The molecular formula is C23H22F5N5O3S. The van der Waals surface area contributed by atoms with Crippen LogP contribution in [0.2, 0.25) is 0 Å². The van der Waals surface area contributed by atoms with E-state index in [-0.39, 0.29) is 33.8 Å². The van der Waals surface area contributed by atoms with Crippen molar-refractivity contribution in [2.24, 2.45) is 4.36 Å². The fourth-order valence-electron chi connectivity index (χ4n) is 3.72. The fourth-order valence-corrected chi connectivity index (χ4v) is 5.90. The Bertz CT molecular complexity index is 1440. The summed E-state index contributed by atoms with van der Waals surface area (Å²) >= 11 is 0. The lowest BCUT2D eigenvalue weighted by Crippen LogP contribution is -2.41. The Morgan fingerprint density at radius 2 is 1.89 bits per heavy atom. The summed E-state index contributed by atoms with van der Waals surface area (Å²) in [6, 6.07) is 5.83. The van der Waals surface area contributed by atoms with Gasteiger partial charge in [-0.2, -0.15) is 17.5 Å². The zero-order chi connectivity index (χ0) is 26.8. The Labute approximate surface area is 208 Å². The van der Waals surface area contributed by atoms with Crippen molar-refractivity contribution in [2.75, 3.05) is 23.4 Å². The first-order chi connectivity index (χ1) is 17.4. The van der Waals surface area contributed by atoms with Gasteiger partial charge in [0.2, 0.25) is 0 Å². The molecule has 0 bridgehead atoms. The minimum absolute atomic E-state index is 0.0234. The average molecular weight is 544 g/mol. The van der Waals surface area contributed by atoms with Crippen LogP contribution in [-0.2, 0) is 14.5 Å². The highest BCUT2D eigenvalue weighted by molar-refractivity contribution is 7.93. The molecule has 0 radical (unpaired) electrons. The van der Waals surface area contributed by atoms with Gasteiger partial charge in [-0.25, -0.2) is 23.0 Å². The number of carbonyl (C=O) groups excluding carboxylic acids is 1. The van der Waals surface area contributed by atoms with Crippen molar-refractivity contribution >= 4 is 43.7 Å².